The van der Waals surface area contributed by atoms with E-state index in [1.54, 1.807) is 59.2 Å². The zero-order valence-electron chi connectivity index (χ0n) is 20.0. The summed E-state index contributed by atoms with van der Waals surface area (Å²) >= 11 is 5.96. The molecule has 1 aromatic heterocycles. The van der Waals surface area contributed by atoms with Gasteiger partial charge in [0.2, 0.25) is 11.9 Å². The average Bonchev–Trinajstić information content (AvgIpc) is 3.67. The van der Waals surface area contributed by atoms with E-state index in [4.69, 9.17) is 16.3 Å². The first-order valence-corrected chi connectivity index (χ1v) is 12.2. The van der Waals surface area contributed by atoms with E-state index in [-0.39, 0.29) is 36.2 Å². The minimum atomic E-state index is -0.385. The van der Waals surface area contributed by atoms with Crippen LogP contribution in [0.25, 0.3) is 16.9 Å². The Hall–Kier alpha value is -4.17. The number of rotatable bonds is 8. The van der Waals surface area contributed by atoms with E-state index in [1.165, 1.54) is 12.1 Å². The van der Waals surface area contributed by atoms with Crippen LogP contribution in [-0.2, 0) is 4.79 Å². The van der Waals surface area contributed by atoms with E-state index in [2.05, 4.69) is 10.3 Å². The molecule has 7 nitrogen and oxygen atoms in total. The van der Waals surface area contributed by atoms with Gasteiger partial charge in [0.25, 0.3) is 5.91 Å². The number of anilines is 1. The summed E-state index contributed by atoms with van der Waals surface area (Å²) in [6, 6.07) is 19.9. The number of benzene rings is 3. The molecule has 1 heterocycles. The lowest BCUT2D eigenvalue weighted by Gasteiger charge is -2.22. The number of nitrogens with one attached hydrogen (secondary N) is 1. The van der Waals surface area contributed by atoms with Crippen molar-refractivity contribution in [1.82, 2.24) is 14.5 Å². The lowest BCUT2D eigenvalue weighted by atomic mass is 10.1. The number of nitrogens with zero attached hydrogens (tertiary/aromatic N) is 3. The fourth-order valence-corrected chi connectivity index (χ4v) is 4.12. The summed E-state index contributed by atoms with van der Waals surface area (Å²) in [5, 5.41) is 3.38. The SMILES string of the molecule is COc1ccc(-c2cn(-c3ccc(F)cc3)c(NC(=O)CN(C(=O)c3ccc(Cl)cc3)C3CC3)n2)cc1. The fraction of sp³-hybridized carbons (Fsp3) is 0.179. The molecule has 37 heavy (non-hydrogen) atoms. The first-order valence-electron chi connectivity index (χ1n) is 11.8. The largest absolute Gasteiger partial charge is 0.497 e. The van der Waals surface area contributed by atoms with Crippen molar-refractivity contribution >= 4 is 29.4 Å². The second kappa shape index (κ2) is 10.4. The van der Waals surface area contributed by atoms with Gasteiger partial charge in [-0.1, -0.05) is 11.6 Å². The predicted octanol–water partition coefficient (Wildman–Crippen LogP) is 5.58. The molecule has 1 aliphatic rings. The van der Waals surface area contributed by atoms with Gasteiger partial charge in [-0.05, 0) is 85.6 Å². The zero-order chi connectivity index (χ0) is 25.9. The molecule has 2 amide bonds. The van der Waals surface area contributed by atoms with Gasteiger partial charge in [0, 0.05) is 34.1 Å². The van der Waals surface area contributed by atoms with Gasteiger partial charge in [0.05, 0.1) is 12.8 Å². The molecule has 9 heteroatoms. The lowest BCUT2D eigenvalue weighted by Crippen LogP contribution is -2.39. The third kappa shape index (κ3) is 5.65. The highest BCUT2D eigenvalue weighted by Crippen LogP contribution is 2.29. The van der Waals surface area contributed by atoms with Gasteiger partial charge in [-0.25, -0.2) is 9.37 Å². The molecule has 0 saturated heterocycles. The average molecular weight is 519 g/mol. The topological polar surface area (TPSA) is 76.5 Å². The monoisotopic (exact) mass is 518 g/mol. The summed E-state index contributed by atoms with van der Waals surface area (Å²) in [5.41, 5.74) is 2.52. The van der Waals surface area contributed by atoms with Crippen molar-refractivity contribution in [3.05, 3.63) is 95.4 Å². The highest BCUT2D eigenvalue weighted by molar-refractivity contribution is 6.30. The molecule has 1 saturated carbocycles. The molecule has 1 fully saturated rings. The van der Waals surface area contributed by atoms with Crippen LogP contribution in [0.1, 0.15) is 23.2 Å². The van der Waals surface area contributed by atoms with Crippen LogP contribution in [0.15, 0.2) is 79.0 Å². The summed E-state index contributed by atoms with van der Waals surface area (Å²) in [4.78, 5) is 32.5. The Labute approximate surface area is 218 Å². The Kier molecular flexibility index (Phi) is 6.92. The molecule has 0 unspecified atom stereocenters. The number of carbonyl (C=O) groups excluding carboxylic acids is 2. The van der Waals surface area contributed by atoms with Crippen molar-refractivity contribution in [3.8, 4) is 22.7 Å². The normalized spacial score (nSPS) is 12.7. The van der Waals surface area contributed by atoms with E-state index in [9.17, 15) is 14.0 Å². The van der Waals surface area contributed by atoms with Crippen molar-refractivity contribution in [2.45, 2.75) is 18.9 Å². The highest BCUT2D eigenvalue weighted by atomic mass is 35.5. The molecule has 0 bridgehead atoms. The number of methoxy groups -OCH3 is 1. The van der Waals surface area contributed by atoms with Gasteiger partial charge in [0.1, 0.15) is 18.1 Å². The lowest BCUT2D eigenvalue weighted by molar-refractivity contribution is -0.117. The maximum atomic E-state index is 13.6. The van der Waals surface area contributed by atoms with Crippen LogP contribution in [0, 0.1) is 5.82 Å². The third-order valence-electron chi connectivity index (χ3n) is 6.10. The van der Waals surface area contributed by atoms with Crippen molar-refractivity contribution in [1.29, 1.82) is 0 Å². The van der Waals surface area contributed by atoms with Crippen LogP contribution in [0.4, 0.5) is 10.3 Å². The Morgan fingerprint density at radius 2 is 1.73 bits per heavy atom. The minimum absolute atomic E-state index is 0.0145. The number of halogens is 2. The minimum Gasteiger partial charge on any atom is -0.497 e. The van der Waals surface area contributed by atoms with Crippen molar-refractivity contribution in [2.75, 3.05) is 19.0 Å². The van der Waals surface area contributed by atoms with E-state index < -0.39 is 0 Å². The van der Waals surface area contributed by atoms with Crippen LogP contribution in [0.3, 0.4) is 0 Å². The molecule has 0 aliphatic heterocycles. The molecule has 1 aliphatic carbocycles. The number of amides is 2. The Bertz CT molecular complexity index is 1420. The van der Waals surface area contributed by atoms with Gasteiger partial charge in [-0.3, -0.25) is 19.5 Å². The third-order valence-corrected chi connectivity index (χ3v) is 6.35. The maximum Gasteiger partial charge on any atom is 0.254 e. The number of ether oxygens (including phenoxy) is 1. The van der Waals surface area contributed by atoms with E-state index in [0.29, 0.717) is 27.7 Å². The quantitative estimate of drug-likeness (QED) is 0.330. The van der Waals surface area contributed by atoms with Crippen molar-refractivity contribution in [2.24, 2.45) is 0 Å². The first kappa shape index (κ1) is 24.5. The van der Waals surface area contributed by atoms with Crippen LogP contribution in [0.2, 0.25) is 5.02 Å². The molecule has 0 radical (unpaired) electrons. The number of hydrogen-bond donors (Lipinski definition) is 1. The molecule has 1 N–H and O–H groups in total. The summed E-state index contributed by atoms with van der Waals surface area (Å²) in [6.07, 6.45) is 3.46. The molecule has 4 aromatic rings. The van der Waals surface area contributed by atoms with Crippen LogP contribution in [0.5, 0.6) is 5.75 Å². The van der Waals surface area contributed by atoms with Crippen LogP contribution >= 0.6 is 11.6 Å². The summed E-state index contributed by atoms with van der Waals surface area (Å²) in [5.74, 6) is -0.0110. The van der Waals surface area contributed by atoms with Crippen LogP contribution in [-0.4, -0.2) is 46.0 Å². The summed E-state index contributed by atoms with van der Waals surface area (Å²) in [7, 11) is 1.59. The molecular formula is C28H24ClFN4O3. The van der Waals surface area contributed by atoms with Gasteiger partial charge in [-0.15, -0.1) is 0 Å². The summed E-state index contributed by atoms with van der Waals surface area (Å²) in [6.45, 7) is -0.125. The smallest absolute Gasteiger partial charge is 0.254 e. The molecule has 0 atom stereocenters. The fourth-order valence-electron chi connectivity index (χ4n) is 4.00. The number of carbonyl (C=O) groups is 2. The zero-order valence-corrected chi connectivity index (χ0v) is 20.8. The second-order valence-corrected chi connectivity index (χ2v) is 9.18. The van der Waals surface area contributed by atoms with Crippen molar-refractivity contribution in [3.63, 3.8) is 0 Å². The molecule has 5 rings (SSSR count). The Morgan fingerprint density at radius 3 is 2.35 bits per heavy atom. The maximum absolute atomic E-state index is 13.6. The molecule has 0 spiro atoms. The van der Waals surface area contributed by atoms with Gasteiger partial charge >= 0.3 is 0 Å². The van der Waals surface area contributed by atoms with E-state index in [0.717, 1.165) is 18.4 Å². The number of aromatic nitrogens is 2. The number of imidazole rings is 1. The number of hydrogen-bond acceptors (Lipinski definition) is 4. The van der Waals surface area contributed by atoms with E-state index in [1.807, 2.05) is 24.3 Å². The molecular weight excluding hydrogens is 495 g/mol. The van der Waals surface area contributed by atoms with E-state index >= 15 is 0 Å². The van der Waals surface area contributed by atoms with Gasteiger partial charge < -0.3 is 9.64 Å². The van der Waals surface area contributed by atoms with Gasteiger partial charge in [0.15, 0.2) is 0 Å². The molecule has 3 aromatic carbocycles. The van der Waals surface area contributed by atoms with Crippen LogP contribution < -0.4 is 10.1 Å². The first-order chi connectivity index (χ1) is 17.9. The highest BCUT2D eigenvalue weighted by Gasteiger charge is 2.34. The van der Waals surface area contributed by atoms with Crippen molar-refractivity contribution < 1.29 is 18.7 Å². The second-order valence-electron chi connectivity index (χ2n) is 8.74. The molecule has 188 valence electrons. The standard InChI is InChI=1S/C28H24ClFN4O3/c1-37-24-14-4-18(5-15-24)25-16-34(23-10-8-21(30)9-11-23)28(31-25)32-26(35)17-33(22-12-13-22)27(36)19-2-6-20(29)7-3-19/h2-11,14-16,22H,12-13,17H2,1H3,(H,31,32,35). The Balaban J connectivity index is 1.41. The Morgan fingerprint density at radius 1 is 1.05 bits per heavy atom. The summed E-state index contributed by atoms with van der Waals surface area (Å²) < 4.78 is 20.5. The van der Waals surface area contributed by atoms with Gasteiger partial charge in [-0.2, -0.15) is 0 Å². The predicted molar refractivity (Wildman–Crippen MR) is 140 cm³/mol.